The van der Waals surface area contributed by atoms with Crippen LogP contribution in [-0.4, -0.2) is 5.16 Å². The Kier molecular flexibility index (Phi) is 2.15. The summed E-state index contributed by atoms with van der Waals surface area (Å²) in [6.07, 6.45) is 0. The lowest BCUT2D eigenvalue weighted by atomic mass is 9.86. The summed E-state index contributed by atoms with van der Waals surface area (Å²) < 4.78 is 5.23. The van der Waals surface area contributed by atoms with Crippen molar-refractivity contribution in [1.82, 2.24) is 5.16 Å². The number of fused-ring (bicyclic) bond motifs is 1. The predicted molar refractivity (Wildman–Crippen MR) is 62.1 cm³/mol. The molecule has 2 rings (SSSR count). The van der Waals surface area contributed by atoms with Gasteiger partial charge in [-0.15, -0.1) is 0 Å². The van der Waals surface area contributed by atoms with Gasteiger partial charge in [-0.3, -0.25) is 0 Å². The molecule has 1 aromatic heterocycles. The predicted octanol–water partition coefficient (Wildman–Crippen LogP) is 3.36. The summed E-state index contributed by atoms with van der Waals surface area (Å²) in [4.78, 5) is 0. The summed E-state index contributed by atoms with van der Waals surface area (Å²) in [5, 5.41) is 5.19. The Hall–Kier alpha value is -1.22. The van der Waals surface area contributed by atoms with Crippen LogP contribution in [0.5, 0.6) is 0 Å². The molecule has 0 bridgehead atoms. The Morgan fingerprint density at radius 1 is 1.33 bits per heavy atom. The third-order valence-electron chi connectivity index (χ3n) is 2.37. The number of rotatable bonds is 0. The second kappa shape index (κ2) is 3.14. The van der Waals surface area contributed by atoms with Gasteiger partial charge < -0.3 is 10.3 Å². The van der Waals surface area contributed by atoms with E-state index >= 15 is 0 Å². The van der Waals surface area contributed by atoms with Crippen LogP contribution in [0, 0.1) is 0 Å². The Morgan fingerprint density at radius 3 is 2.60 bits per heavy atom. The molecule has 0 aliphatic carbocycles. The van der Waals surface area contributed by atoms with Crippen LogP contribution >= 0.6 is 11.6 Å². The molecule has 0 saturated carbocycles. The van der Waals surface area contributed by atoms with Crippen molar-refractivity contribution in [3.8, 4) is 0 Å². The molecule has 2 aromatic rings. The molecule has 3 nitrogen and oxygen atoms in total. The number of nitrogens with zero attached hydrogens (tertiary/aromatic N) is 1. The lowest BCUT2D eigenvalue weighted by Gasteiger charge is -2.18. The summed E-state index contributed by atoms with van der Waals surface area (Å²) in [5.41, 5.74) is 7.40. The third-order valence-corrected chi connectivity index (χ3v) is 2.59. The molecule has 0 amide bonds. The Bertz CT molecular complexity index is 511. The SMILES string of the molecule is CC(C)(C)c1cc(Cl)cc2c(N)noc12. The highest BCUT2D eigenvalue weighted by Gasteiger charge is 2.21. The van der Waals surface area contributed by atoms with E-state index in [4.69, 9.17) is 21.9 Å². The van der Waals surface area contributed by atoms with E-state index in [9.17, 15) is 0 Å². The van der Waals surface area contributed by atoms with Crippen molar-refractivity contribution in [2.24, 2.45) is 0 Å². The quantitative estimate of drug-likeness (QED) is 0.747. The smallest absolute Gasteiger partial charge is 0.174 e. The maximum atomic E-state index is 6.03. The van der Waals surface area contributed by atoms with Crippen LogP contribution in [-0.2, 0) is 5.41 Å². The summed E-state index contributed by atoms with van der Waals surface area (Å²) in [5.74, 6) is 0.387. The lowest BCUT2D eigenvalue weighted by Crippen LogP contribution is -2.11. The van der Waals surface area contributed by atoms with Gasteiger partial charge in [0.15, 0.2) is 11.4 Å². The first-order valence-electron chi connectivity index (χ1n) is 4.74. The van der Waals surface area contributed by atoms with Gasteiger partial charge in [-0.25, -0.2) is 0 Å². The fourth-order valence-corrected chi connectivity index (χ4v) is 1.80. The number of halogens is 1. The molecule has 0 radical (unpaired) electrons. The van der Waals surface area contributed by atoms with Crippen molar-refractivity contribution in [2.75, 3.05) is 5.73 Å². The van der Waals surface area contributed by atoms with Gasteiger partial charge in [-0.05, 0) is 17.5 Å². The lowest BCUT2D eigenvalue weighted by molar-refractivity contribution is 0.450. The maximum absolute atomic E-state index is 6.03. The van der Waals surface area contributed by atoms with E-state index < -0.39 is 0 Å². The molecule has 0 spiro atoms. The van der Waals surface area contributed by atoms with E-state index in [1.165, 1.54) is 0 Å². The van der Waals surface area contributed by atoms with E-state index in [1.54, 1.807) is 6.07 Å². The minimum atomic E-state index is -0.0465. The number of aromatic nitrogens is 1. The molecule has 1 aromatic carbocycles. The maximum Gasteiger partial charge on any atom is 0.174 e. The van der Waals surface area contributed by atoms with Gasteiger partial charge >= 0.3 is 0 Å². The number of nitrogens with two attached hydrogens (primary N) is 1. The Labute approximate surface area is 93.2 Å². The molecular formula is C11H13ClN2O. The van der Waals surface area contributed by atoms with Crippen LogP contribution in [0.3, 0.4) is 0 Å². The standard InChI is InChI=1S/C11H13ClN2O/c1-11(2,3)8-5-6(12)4-7-9(8)15-14-10(7)13/h4-5H,1-3H3,(H2,13,14). The molecule has 0 aliphatic heterocycles. The van der Waals surface area contributed by atoms with E-state index in [0.717, 1.165) is 16.5 Å². The Balaban J connectivity index is 2.84. The summed E-state index contributed by atoms with van der Waals surface area (Å²) in [6, 6.07) is 3.67. The average molecular weight is 225 g/mol. The van der Waals surface area contributed by atoms with Gasteiger partial charge in [0.1, 0.15) is 0 Å². The van der Waals surface area contributed by atoms with Gasteiger partial charge in [0, 0.05) is 10.6 Å². The van der Waals surface area contributed by atoms with Crippen LogP contribution in [0.25, 0.3) is 11.0 Å². The molecule has 0 fully saturated rings. The summed E-state index contributed by atoms with van der Waals surface area (Å²) in [7, 11) is 0. The zero-order chi connectivity index (χ0) is 11.2. The minimum absolute atomic E-state index is 0.0465. The molecule has 80 valence electrons. The molecule has 2 N–H and O–H groups in total. The zero-order valence-electron chi connectivity index (χ0n) is 8.97. The van der Waals surface area contributed by atoms with Crippen LogP contribution in [0.1, 0.15) is 26.3 Å². The van der Waals surface area contributed by atoms with Gasteiger partial charge in [0.25, 0.3) is 0 Å². The van der Waals surface area contributed by atoms with E-state index in [2.05, 4.69) is 25.9 Å². The monoisotopic (exact) mass is 224 g/mol. The third kappa shape index (κ3) is 1.67. The topological polar surface area (TPSA) is 52.0 Å². The van der Waals surface area contributed by atoms with E-state index in [-0.39, 0.29) is 5.41 Å². The first-order chi connectivity index (χ1) is 6.89. The van der Waals surface area contributed by atoms with Crippen molar-refractivity contribution >= 4 is 28.4 Å². The number of hydrogen-bond acceptors (Lipinski definition) is 3. The second-order valence-electron chi connectivity index (χ2n) is 4.65. The summed E-state index contributed by atoms with van der Waals surface area (Å²) >= 11 is 6.03. The molecule has 0 unspecified atom stereocenters. The first kappa shape index (κ1) is 10.3. The number of hydrogen-bond donors (Lipinski definition) is 1. The van der Waals surface area contributed by atoms with Crippen molar-refractivity contribution in [2.45, 2.75) is 26.2 Å². The Morgan fingerprint density at radius 2 is 2.00 bits per heavy atom. The highest BCUT2D eigenvalue weighted by atomic mass is 35.5. The van der Waals surface area contributed by atoms with Gasteiger partial charge in [0.05, 0.1) is 5.39 Å². The van der Waals surface area contributed by atoms with Crippen molar-refractivity contribution < 1.29 is 4.52 Å². The van der Waals surface area contributed by atoms with E-state index in [1.807, 2.05) is 6.07 Å². The van der Waals surface area contributed by atoms with Crippen LogP contribution < -0.4 is 5.73 Å². The largest absolute Gasteiger partial charge is 0.380 e. The van der Waals surface area contributed by atoms with Crippen molar-refractivity contribution in [3.63, 3.8) is 0 Å². The first-order valence-corrected chi connectivity index (χ1v) is 5.12. The van der Waals surface area contributed by atoms with Crippen LogP contribution in [0.15, 0.2) is 16.7 Å². The number of benzene rings is 1. The van der Waals surface area contributed by atoms with Crippen molar-refractivity contribution in [1.29, 1.82) is 0 Å². The number of anilines is 1. The molecular weight excluding hydrogens is 212 g/mol. The molecule has 4 heteroatoms. The van der Waals surface area contributed by atoms with Crippen LogP contribution in [0.2, 0.25) is 5.02 Å². The normalized spacial score (nSPS) is 12.3. The fourth-order valence-electron chi connectivity index (χ4n) is 1.58. The molecule has 15 heavy (non-hydrogen) atoms. The highest BCUT2D eigenvalue weighted by molar-refractivity contribution is 6.31. The van der Waals surface area contributed by atoms with Crippen LogP contribution in [0.4, 0.5) is 5.82 Å². The average Bonchev–Trinajstić information content (AvgIpc) is 2.45. The van der Waals surface area contributed by atoms with Gasteiger partial charge in [-0.2, -0.15) is 0 Å². The van der Waals surface area contributed by atoms with Gasteiger partial charge in [0.2, 0.25) is 0 Å². The molecule has 1 heterocycles. The second-order valence-corrected chi connectivity index (χ2v) is 5.08. The highest BCUT2D eigenvalue weighted by Crippen LogP contribution is 2.34. The molecule has 0 atom stereocenters. The zero-order valence-corrected chi connectivity index (χ0v) is 9.72. The summed E-state index contributed by atoms with van der Waals surface area (Å²) in [6.45, 7) is 6.28. The fraction of sp³-hybridized carbons (Fsp3) is 0.364. The number of nitrogen functional groups attached to an aromatic ring is 1. The van der Waals surface area contributed by atoms with Crippen molar-refractivity contribution in [3.05, 3.63) is 22.7 Å². The molecule has 0 saturated heterocycles. The minimum Gasteiger partial charge on any atom is -0.380 e. The van der Waals surface area contributed by atoms with Gasteiger partial charge in [-0.1, -0.05) is 37.5 Å². The van der Waals surface area contributed by atoms with E-state index in [0.29, 0.717) is 10.8 Å². The molecule has 0 aliphatic rings.